The predicted octanol–water partition coefficient (Wildman–Crippen LogP) is 2.39. The molecule has 0 spiro atoms. The Morgan fingerprint density at radius 2 is 2.27 bits per heavy atom. The van der Waals surface area contributed by atoms with Crippen molar-refractivity contribution in [2.24, 2.45) is 0 Å². The van der Waals surface area contributed by atoms with Gasteiger partial charge in [0.05, 0.1) is 6.54 Å². The number of rotatable bonds is 5. The molecule has 0 heterocycles. The average molecular weight is 271 g/mol. The Balaban J connectivity index is 2.37. The number of amides is 1. The molecule has 3 nitrogen and oxygen atoms in total. The van der Waals surface area contributed by atoms with Crippen molar-refractivity contribution in [1.82, 2.24) is 5.32 Å². The Morgan fingerprint density at radius 3 is 2.93 bits per heavy atom. The van der Waals surface area contributed by atoms with Gasteiger partial charge in [-0.2, -0.15) is 0 Å². The van der Waals surface area contributed by atoms with E-state index in [4.69, 9.17) is 0 Å². The Kier molecular flexibility index (Phi) is 5.36. The molecule has 1 aromatic rings. The molecule has 0 saturated carbocycles. The Labute approximate surface area is 98.4 Å². The second-order valence-corrected chi connectivity index (χ2v) is 4.15. The molecule has 0 atom stereocenters. The fraction of sp³-hybridized carbons (Fsp3) is 0.364. The first-order chi connectivity index (χ1) is 7.22. The topological polar surface area (TPSA) is 41.1 Å². The van der Waals surface area contributed by atoms with Crippen molar-refractivity contribution in [3.63, 3.8) is 0 Å². The third-order valence-corrected chi connectivity index (χ3v) is 2.31. The summed E-state index contributed by atoms with van der Waals surface area (Å²) in [5, 5.41) is 5.86. The van der Waals surface area contributed by atoms with E-state index in [1.54, 1.807) is 0 Å². The number of nitrogens with one attached hydrogen (secondary N) is 2. The van der Waals surface area contributed by atoms with E-state index in [9.17, 15) is 4.79 Å². The van der Waals surface area contributed by atoms with Gasteiger partial charge in [0, 0.05) is 10.2 Å². The van der Waals surface area contributed by atoms with E-state index >= 15 is 0 Å². The molecule has 1 aromatic carbocycles. The van der Waals surface area contributed by atoms with Crippen LogP contribution < -0.4 is 10.6 Å². The largest absolute Gasteiger partial charge is 0.325 e. The third-order valence-electron chi connectivity index (χ3n) is 1.82. The molecular weight excluding hydrogens is 256 g/mol. The lowest BCUT2D eigenvalue weighted by atomic mass is 10.3. The lowest BCUT2D eigenvalue weighted by Crippen LogP contribution is -2.28. The highest BCUT2D eigenvalue weighted by Crippen LogP contribution is 2.15. The maximum Gasteiger partial charge on any atom is 0.238 e. The van der Waals surface area contributed by atoms with Gasteiger partial charge in [0.15, 0.2) is 0 Å². The molecule has 0 fully saturated rings. The first-order valence-corrected chi connectivity index (χ1v) is 5.78. The van der Waals surface area contributed by atoms with Crippen LogP contribution in [0.1, 0.15) is 13.3 Å². The van der Waals surface area contributed by atoms with Gasteiger partial charge in [-0.05, 0) is 31.2 Å². The first-order valence-electron chi connectivity index (χ1n) is 4.98. The van der Waals surface area contributed by atoms with Gasteiger partial charge < -0.3 is 10.6 Å². The zero-order valence-electron chi connectivity index (χ0n) is 8.72. The van der Waals surface area contributed by atoms with Crippen molar-refractivity contribution in [1.29, 1.82) is 0 Å². The molecule has 0 unspecified atom stereocenters. The fourth-order valence-electron chi connectivity index (χ4n) is 1.15. The van der Waals surface area contributed by atoms with Gasteiger partial charge in [-0.15, -0.1) is 0 Å². The van der Waals surface area contributed by atoms with Crippen LogP contribution >= 0.6 is 15.9 Å². The highest BCUT2D eigenvalue weighted by Gasteiger charge is 2.00. The summed E-state index contributed by atoms with van der Waals surface area (Å²) in [6, 6.07) is 7.55. The number of halogens is 1. The lowest BCUT2D eigenvalue weighted by Gasteiger charge is -2.06. The molecule has 0 radical (unpaired) electrons. The number of carbonyl (C=O) groups excluding carboxylic acids is 1. The summed E-state index contributed by atoms with van der Waals surface area (Å²) < 4.78 is 0.960. The van der Waals surface area contributed by atoms with Crippen molar-refractivity contribution in [2.75, 3.05) is 18.4 Å². The van der Waals surface area contributed by atoms with Crippen LogP contribution in [-0.4, -0.2) is 19.0 Å². The Morgan fingerprint density at radius 1 is 1.47 bits per heavy atom. The van der Waals surface area contributed by atoms with Gasteiger partial charge in [0.25, 0.3) is 0 Å². The molecule has 2 N–H and O–H groups in total. The van der Waals surface area contributed by atoms with E-state index in [-0.39, 0.29) is 5.91 Å². The fourth-order valence-corrected chi connectivity index (χ4v) is 1.55. The third kappa shape index (κ3) is 4.95. The molecule has 15 heavy (non-hydrogen) atoms. The highest BCUT2D eigenvalue weighted by atomic mass is 79.9. The van der Waals surface area contributed by atoms with E-state index in [2.05, 4.69) is 33.5 Å². The maximum atomic E-state index is 11.4. The summed E-state index contributed by atoms with van der Waals surface area (Å²) in [6.07, 6.45) is 1.03. The summed E-state index contributed by atoms with van der Waals surface area (Å²) in [5.74, 6) is -0.0125. The van der Waals surface area contributed by atoms with Gasteiger partial charge >= 0.3 is 0 Å². The second kappa shape index (κ2) is 6.58. The summed E-state index contributed by atoms with van der Waals surface area (Å²) in [6.45, 7) is 3.30. The molecule has 0 saturated heterocycles. The number of benzene rings is 1. The Hall–Kier alpha value is -0.870. The van der Waals surface area contributed by atoms with Crippen LogP contribution in [0.25, 0.3) is 0 Å². The molecule has 4 heteroatoms. The molecule has 0 aliphatic carbocycles. The quantitative estimate of drug-likeness (QED) is 0.807. The van der Waals surface area contributed by atoms with Crippen molar-refractivity contribution in [2.45, 2.75) is 13.3 Å². The second-order valence-electron chi connectivity index (χ2n) is 3.24. The Bertz CT molecular complexity index is 328. The molecule has 1 amide bonds. The maximum absolute atomic E-state index is 11.4. The van der Waals surface area contributed by atoms with E-state index in [1.165, 1.54) is 0 Å². The summed E-state index contributed by atoms with van der Waals surface area (Å²) in [4.78, 5) is 11.4. The predicted molar refractivity (Wildman–Crippen MR) is 65.9 cm³/mol. The number of carbonyl (C=O) groups is 1. The van der Waals surface area contributed by atoms with Crippen molar-refractivity contribution < 1.29 is 4.79 Å². The molecule has 82 valence electrons. The van der Waals surface area contributed by atoms with E-state index < -0.39 is 0 Å². The van der Waals surface area contributed by atoms with Crippen LogP contribution in [0.4, 0.5) is 5.69 Å². The van der Waals surface area contributed by atoms with Crippen LogP contribution in [0.3, 0.4) is 0 Å². The smallest absolute Gasteiger partial charge is 0.238 e. The summed E-state index contributed by atoms with van der Waals surface area (Å²) in [7, 11) is 0. The monoisotopic (exact) mass is 270 g/mol. The van der Waals surface area contributed by atoms with E-state index in [1.807, 2.05) is 24.3 Å². The van der Waals surface area contributed by atoms with Crippen LogP contribution in [0, 0.1) is 0 Å². The molecular formula is C11H15BrN2O. The van der Waals surface area contributed by atoms with E-state index in [0.29, 0.717) is 6.54 Å². The molecule has 0 aliphatic heterocycles. The van der Waals surface area contributed by atoms with Crippen molar-refractivity contribution in [3.05, 3.63) is 28.7 Å². The summed E-state index contributed by atoms with van der Waals surface area (Å²) >= 11 is 3.35. The highest BCUT2D eigenvalue weighted by molar-refractivity contribution is 9.10. The van der Waals surface area contributed by atoms with Gasteiger partial charge in [-0.25, -0.2) is 0 Å². The van der Waals surface area contributed by atoms with Gasteiger partial charge in [0.2, 0.25) is 5.91 Å². The number of hydrogen-bond donors (Lipinski definition) is 2. The molecule has 0 aliphatic rings. The van der Waals surface area contributed by atoms with Crippen molar-refractivity contribution >= 4 is 27.5 Å². The van der Waals surface area contributed by atoms with E-state index in [0.717, 1.165) is 23.1 Å². The van der Waals surface area contributed by atoms with Crippen molar-refractivity contribution in [3.8, 4) is 0 Å². The number of anilines is 1. The minimum atomic E-state index is -0.0125. The molecule has 0 aromatic heterocycles. The zero-order chi connectivity index (χ0) is 11.1. The average Bonchev–Trinajstić information content (AvgIpc) is 2.18. The minimum Gasteiger partial charge on any atom is -0.325 e. The minimum absolute atomic E-state index is 0.0125. The summed E-state index contributed by atoms with van der Waals surface area (Å²) in [5.41, 5.74) is 0.813. The first kappa shape index (κ1) is 12.2. The number of hydrogen-bond acceptors (Lipinski definition) is 2. The normalized spacial score (nSPS) is 10.0. The SMILES string of the molecule is CCCNCC(=O)Nc1cccc(Br)c1. The molecule has 1 rings (SSSR count). The van der Waals surface area contributed by atoms with Crippen LogP contribution in [0.2, 0.25) is 0 Å². The lowest BCUT2D eigenvalue weighted by molar-refractivity contribution is -0.115. The van der Waals surface area contributed by atoms with Gasteiger partial charge in [-0.3, -0.25) is 4.79 Å². The van der Waals surface area contributed by atoms with Crippen LogP contribution in [-0.2, 0) is 4.79 Å². The van der Waals surface area contributed by atoms with Crippen LogP contribution in [0.5, 0.6) is 0 Å². The molecule has 0 bridgehead atoms. The zero-order valence-corrected chi connectivity index (χ0v) is 10.3. The standard InChI is InChI=1S/C11H15BrN2O/c1-2-6-13-8-11(15)14-10-5-3-4-9(12)7-10/h3-5,7,13H,2,6,8H2,1H3,(H,14,15). The van der Waals surface area contributed by atoms with Gasteiger partial charge in [0.1, 0.15) is 0 Å². The van der Waals surface area contributed by atoms with Gasteiger partial charge in [-0.1, -0.05) is 28.9 Å². The van der Waals surface area contributed by atoms with Crippen LogP contribution in [0.15, 0.2) is 28.7 Å².